The average Bonchev–Trinajstić information content (AvgIpc) is 2.38. The number of unbranched alkanes of at least 4 members (excludes halogenated alkanes) is 1. The maximum Gasteiger partial charge on any atom is 0.00696 e. The summed E-state index contributed by atoms with van der Waals surface area (Å²) < 4.78 is 0. The van der Waals surface area contributed by atoms with Crippen LogP contribution in [0.25, 0.3) is 0 Å². The SMILES string of the molecule is CCC.CCCCN(C)CC.CN1CCSCC1. The van der Waals surface area contributed by atoms with Crippen LogP contribution in [0, 0.1) is 0 Å². The lowest BCUT2D eigenvalue weighted by atomic mass is 10.3. The predicted molar refractivity (Wildman–Crippen MR) is 88.9 cm³/mol. The highest BCUT2D eigenvalue weighted by Gasteiger charge is 2.02. The van der Waals surface area contributed by atoms with Crippen molar-refractivity contribution in [2.24, 2.45) is 0 Å². The molecule has 0 unspecified atom stereocenters. The number of hydrogen-bond acceptors (Lipinski definition) is 3. The maximum atomic E-state index is 2.37. The van der Waals surface area contributed by atoms with E-state index in [1.54, 1.807) is 0 Å². The van der Waals surface area contributed by atoms with Crippen LogP contribution in [0.5, 0.6) is 0 Å². The van der Waals surface area contributed by atoms with Crippen molar-refractivity contribution < 1.29 is 0 Å². The van der Waals surface area contributed by atoms with Gasteiger partial charge in [0.15, 0.2) is 0 Å². The topological polar surface area (TPSA) is 6.48 Å². The lowest BCUT2D eigenvalue weighted by Gasteiger charge is -2.20. The zero-order chi connectivity index (χ0) is 14.2. The molecule has 1 aliphatic heterocycles. The van der Waals surface area contributed by atoms with E-state index in [1.165, 1.54) is 56.9 Å². The van der Waals surface area contributed by atoms with Crippen molar-refractivity contribution >= 4 is 11.8 Å². The van der Waals surface area contributed by atoms with Gasteiger partial charge in [0.1, 0.15) is 0 Å². The molecule has 0 bridgehead atoms. The van der Waals surface area contributed by atoms with Gasteiger partial charge in [-0.3, -0.25) is 0 Å². The summed E-state index contributed by atoms with van der Waals surface area (Å²) in [6.07, 6.45) is 3.90. The highest BCUT2D eigenvalue weighted by Crippen LogP contribution is 2.05. The van der Waals surface area contributed by atoms with Crippen molar-refractivity contribution in [1.82, 2.24) is 9.80 Å². The molecule has 112 valence electrons. The maximum absolute atomic E-state index is 2.37. The Bertz CT molecular complexity index is 136. The Labute approximate surface area is 120 Å². The molecule has 1 aliphatic rings. The summed E-state index contributed by atoms with van der Waals surface area (Å²) in [5, 5.41) is 0. The highest BCUT2D eigenvalue weighted by atomic mass is 32.2. The molecular formula is C15H36N2S. The van der Waals surface area contributed by atoms with Crippen LogP contribution in [-0.2, 0) is 0 Å². The van der Waals surface area contributed by atoms with Gasteiger partial charge in [-0.25, -0.2) is 0 Å². The molecule has 0 radical (unpaired) electrons. The van der Waals surface area contributed by atoms with Gasteiger partial charge in [-0.1, -0.05) is 40.5 Å². The second-order valence-corrected chi connectivity index (χ2v) is 6.10. The van der Waals surface area contributed by atoms with Crippen LogP contribution < -0.4 is 0 Å². The van der Waals surface area contributed by atoms with Gasteiger partial charge in [-0.2, -0.15) is 11.8 Å². The highest BCUT2D eigenvalue weighted by molar-refractivity contribution is 7.99. The van der Waals surface area contributed by atoms with Gasteiger partial charge >= 0.3 is 0 Å². The van der Waals surface area contributed by atoms with Crippen molar-refractivity contribution in [1.29, 1.82) is 0 Å². The number of hydrogen-bond donors (Lipinski definition) is 0. The van der Waals surface area contributed by atoms with Gasteiger partial charge in [0.2, 0.25) is 0 Å². The molecule has 0 aromatic carbocycles. The Morgan fingerprint density at radius 1 is 1.06 bits per heavy atom. The van der Waals surface area contributed by atoms with Gasteiger partial charge in [-0.15, -0.1) is 0 Å². The normalized spacial score (nSPS) is 15.5. The van der Waals surface area contributed by atoms with Crippen LogP contribution in [0.2, 0.25) is 0 Å². The largest absolute Gasteiger partial charge is 0.307 e. The zero-order valence-corrected chi connectivity index (χ0v) is 14.5. The minimum absolute atomic E-state index is 1.18. The van der Waals surface area contributed by atoms with Crippen molar-refractivity contribution in [2.75, 3.05) is 51.8 Å². The minimum atomic E-state index is 1.18. The standard InChI is InChI=1S/C7H17N.C5H11NS.C3H8/c1-4-6-7-8(3)5-2;1-6-2-4-7-5-3-6;1-3-2/h4-7H2,1-3H3;2-5H2,1H3;3H2,1-2H3. The molecule has 0 aromatic rings. The third-order valence-electron chi connectivity index (χ3n) is 2.67. The molecule has 0 aromatic heterocycles. The summed E-state index contributed by atoms with van der Waals surface area (Å²) in [6.45, 7) is 13.7. The van der Waals surface area contributed by atoms with Crippen molar-refractivity contribution in [3.8, 4) is 0 Å². The molecule has 1 heterocycles. The Kier molecular flexibility index (Phi) is 19.8. The average molecular weight is 277 g/mol. The molecule has 3 heteroatoms. The molecule has 1 fully saturated rings. The van der Waals surface area contributed by atoms with E-state index >= 15 is 0 Å². The lowest BCUT2D eigenvalue weighted by molar-refractivity contribution is 0.346. The summed E-state index contributed by atoms with van der Waals surface area (Å²) >= 11 is 2.06. The third-order valence-corrected chi connectivity index (χ3v) is 3.61. The summed E-state index contributed by atoms with van der Waals surface area (Å²) in [5.74, 6) is 2.66. The summed E-state index contributed by atoms with van der Waals surface area (Å²) in [4.78, 5) is 4.71. The first kappa shape index (κ1) is 20.6. The Morgan fingerprint density at radius 3 is 1.83 bits per heavy atom. The van der Waals surface area contributed by atoms with Gasteiger partial charge < -0.3 is 9.80 Å². The van der Waals surface area contributed by atoms with Crippen molar-refractivity contribution in [3.05, 3.63) is 0 Å². The first-order chi connectivity index (χ1) is 8.62. The van der Waals surface area contributed by atoms with E-state index in [2.05, 4.69) is 63.4 Å². The first-order valence-electron chi connectivity index (χ1n) is 7.57. The fourth-order valence-corrected chi connectivity index (χ4v) is 2.33. The summed E-state index contributed by atoms with van der Waals surface area (Å²) in [6, 6.07) is 0. The molecule has 1 rings (SSSR count). The second kappa shape index (κ2) is 17.3. The van der Waals surface area contributed by atoms with E-state index in [1.807, 2.05) is 0 Å². The third kappa shape index (κ3) is 18.6. The molecule has 2 nitrogen and oxygen atoms in total. The van der Waals surface area contributed by atoms with Crippen molar-refractivity contribution in [2.45, 2.75) is 47.0 Å². The Morgan fingerprint density at radius 2 is 1.56 bits per heavy atom. The van der Waals surface area contributed by atoms with E-state index in [-0.39, 0.29) is 0 Å². The van der Waals surface area contributed by atoms with Crippen LogP contribution >= 0.6 is 11.8 Å². The van der Waals surface area contributed by atoms with Crippen molar-refractivity contribution in [3.63, 3.8) is 0 Å². The molecular weight excluding hydrogens is 240 g/mol. The molecule has 0 saturated carbocycles. The first-order valence-corrected chi connectivity index (χ1v) is 8.72. The molecule has 0 N–H and O–H groups in total. The van der Waals surface area contributed by atoms with Crippen LogP contribution in [0.4, 0.5) is 0 Å². The number of nitrogens with zero attached hydrogens (tertiary/aromatic N) is 2. The molecule has 0 aliphatic carbocycles. The number of thioether (sulfide) groups is 1. The zero-order valence-electron chi connectivity index (χ0n) is 13.7. The van der Waals surface area contributed by atoms with E-state index in [4.69, 9.17) is 0 Å². The minimum Gasteiger partial charge on any atom is -0.307 e. The quantitative estimate of drug-likeness (QED) is 0.771. The number of rotatable bonds is 4. The Balaban J connectivity index is 0. The second-order valence-electron chi connectivity index (χ2n) is 4.87. The molecule has 0 amide bonds. The molecule has 1 saturated heterocycles. The van der Waals surface area contributed by atoms with E-state index in [0.717, 1.165) is 0 Å². The van der Waals surface area contributed by atoms with Gasteiger partial charge in [-0.05, 0) is 33.6 Å². The molecule has 18 heavy (non-hydrogen) atoms. The Hall–Kier alpha value is 0.270. The van der Waals surface area contributed by atoms with Gasteiger partial charge in [0.05, 0.1) is 0 Å². The van der Waals surface area contributed by atoms with E-state index < -0.39 is 0 Å². The van der Waals surface area contributed by atoms with Crippen LogP contribution in [0.1, 0.15) is 47.0 Å². The molecule has 0 atom stereocenters. The summed E-state index contributed by atoms with van der Waals surface area (Å²) in [5.41, 5.74) is 0. The van der Waals surface area contributed by atoms with Crippen LogP contribution in [0.3, 0.4) is 0 Å². The molecule has 0 spiro atoms. The predicted octanol–water partition coefficient (Wildman–Crippen LogP) is 3.82. The monoisotopic (exact) mass is 276 g/mol. The summed E-state index contributed by atoms with van der Waals surface area (Å²) in [7, 11) is 4.34. The fourth-order valence-electron chi connectivity index (χ4n) is 1.24. The van der Waals surface area contributed by atoms with Crippen LogP contribution in [0.15, 0.2) is 0 Å². The van der Waals surface area contributed by atoms with Crippen LogP contribution in [-0.4, -0.2) is 61.6 Å². The van der Waals surface area contributed by atoms with E-state index in [9.17, 15) is 0 Å². The lowest BCUT2D eigenvalue weighted by Crippen LogP contribution is -2.28. The van der Waals surface area contributed by atoms with Gasteiger partial charge in [0.25, 0.3) is 0 Å². The smallest absolute Gasteiger partial charge is 0.00696 e. The fraction of sp³-hybridized carbons (Fsp3) is 1.00. The van der Waals surface area contributed by atoms with E-state index in [0.29, 0.717) is 0 Å². The van der Waals surface area contributed by atoms with Gasteiger partial charge in [0, 0.05) is 24.6 Å².